The number of nitrogens with zero attached hydrogens (tertiary/aromatic N) is 2. The van der Waals surface area contributed by atoms with Crippen molar-refractivity contribution in [3.05, 3.63) is 11.6 Å². The van der Waals surface area contributed by atoms with E-state index in [1.807, 2.05) is 11.8 Å². The van der Waals surface area contributed by atoms with Crippen LogP contribution in [0.5, 0.6) is 0 Å². The first-order valence-corrected chi connectivity index (χ1v) is 7.97. The van der Waals surface area contributed by atoms with Crippen molar-refractivity contribution >= 4 is 11.8 Å². The molecule has 2 unspecified atom stereocenters. The molecule has 0 aromatic heterocycles. The van der Waals surface area contributed by atoms with E-state index in [-0.39, 0.29) is 23.9 Å². The molecule has 0 spiro atoms. The maximum atomic E-state index is 12.5. The van der Waals surface area contributed by atoms with Gasteiger partial charge < -0.3 is 9.80 Å². The Bertz CT molecular complexity index is 444. The van der Waals surface area contributed by atoms with Gasteiger partial charge >= 0.3 is 0 Å². The summed E-state index contributed by atoms with van der Waals surface area (Å²) in [6, 6.07) is -0.444. The van der Waals surface area contributed by atoms with Crippen molar-refractivity contribution in [3.63, 3.8) is 0 Å². The molecule has 3 rings (SSSR count). The van der Waals surface area contributed by atoms with Crippen molar-refractivity contribution in [1.82, 2.24) is 9.80 Å². The molecule has 110 valence electrons. The fraction of sp³-hybridized carbons (Fsp3) is 0.750. The average molecular weight is 276 g/mol. The number of piperazine rings is 1. The van der Waals surface area contributed by atoms with E-state index in [9.17, 15) is 9.59 Å². The number of amides is 2. The molecule has 3 aliphatic rings. The van der Waals surface area contributed by atoms with Gasteiger partial charge in [0.15, 0.2) is 0 Å². The lowest BCUT2D eigenvalue weighted by Gasteiger charge is -2.41. The fourth-order valence-electron chi connectivity index (χ4n) is 3.74. The highest BCUT2D eigenvalue weighted by Gasteiger charge is 2.45. The Morgan fingerprint density at radius 1 is 1.20 bits per heavy atom. The number of carbonyl (C=O) groups is 2. The van der Waals surface area contributed by atoms with Gasteiger partial charge in [0.2, 0.25) is 11.8 Å². The minimum absolute atomic E-state index is 0.143. The third kappa shape index (κ3) is 2.36. The zero-order valence-electron chi connectivity index (χ0n) is 12.3. The maximum absolute atomic E-state index is 12.5. The molecule has 20 heavy (non-hydrogen) atoms. The summed E-state index contributed by atoms with van der Waals surface area (Å²) in [7, 11) is 0. The van der Waals surface area contributed by atoms with Crippen LogP contribution >= 0.6 is 0 Å². The molecular formula is C16H24N2O2. The van der Waals surface area contributed by atoms with Crippen LogP contribution < -0.4 is 0 Å². The Labute approximate surface area is 120 Å². The van der Waals surface area contributed by atoms with E-state index in [1.54, 1.807) is 4.90 Å². The second-order valence-electron chi connectivity index (χ2n) is 6.26. The molecule has 1 aliphatic carbocycles. The molecule has 2 amide bonds. The van der Waals surface area contributed by atoms with Crippen LogP contribution in [-0.2, 0) is 9.59 Å². The monoisotopic (exact) mass is 276 g/mol. The summed E-state index contributed by atoms with van der Waals surface area (Å²) < 4.78 is 0. The van der Waals surface area contributed by atoms with Crippen LogP contribution in [0.3, 0.4) is 0 Å². The molecule has 4 nitrogen and oxygen atoms in total. The van der Waals surface area contributed by atoms with Gasteiger partial charge in [0, 0.05) is 13.1 Å². The van der Waals surface area contributed by atoms with Crippen LogP contribution in [-0.4, -0.2) is 46.8 Å². The minimum atomic E-state index is -0.277. The van der Waals surface area contributed by atoms with Crippen molar-refractivity contribution in [2.24, 2.45) is 0 Å². The van der Waals surface area contributed by atoms with E-state index in [0.29, 0.717) is 6.54 Å². The van der Waals surface area contributed by atoms with E-state index in [0.717, 1.165) is 25.8 Å². The molecule has 2 atom stereocenters. The highest BCUT2D eigenvalue weighted by atomic mass is 16.2. The third-order valence-corrected chi connectivity index (χ3v) is 4.99. The summed E-state index contributed by atoms with van der Waals surface area (Å²) in [5, 5.41) is 0. The van der Waals surface area contributed by atoms with Gasteiger partial charge in [0.05, 0.1) is 0 Å². The molecule has 2 aliphatic heterocycles. The van der Waals surface area contributed by atoms with Gasteiger partial charge in [-0.15, -0.1) is 0 Å². The van der Waals surface area contributed by atoms with Gasteiger partial charge in [0.25, 0.3) is 0 Å². The molecule has 4 heteroatoms. The summed E-state index contributed by atoms with van der Waals surface area (Å²) in [6.07, 6.45) is 9.98. The molecule has 0 bridgehead atoms. The quantitative estimate of drug-likeness (QED) is 0.741. The zero-order valence-corrected chi connectivity index (χ0v) is 12.3. The van der Waals surface area contributed by atoms with Crippen LogP contribution in [0.15, 0.2) is 11.6 Å². The molecule has 0 aromatic rings. The Morgan fingerprint density at radius 2 is 2.05 bits per heavy atom. The topological polar surface area (TPSA) is 40.6 Å². The molecule has 0 aromatic carbocycles. The van der Waals surface area contributed by atoms with Gasteiger partial charge in [-0.3, -0.25) is 9.59 Å². The van der Waals surface area contributed by atoms with Crippen molar-refractivity contribution in [2.45, 2.75) is 64.0 Å². The van der Waals surface area contributed by atoms with Crippen molar-refractivity contribution in [2.75, 3.05) is 13.1 Å². The highest BCUT2D eigenvalue weighted by Crippen LogP contribution is 2.28. The first-order chi connectivity index (χ1) is 9.68. The average Bonchev–Trinajstić information content (AvgIpc) is 2.96. The second-order valence-corrected chi connectivity index (χ2v) is 6.26. The maximum Gasteiger partial charge on any atom is 0.246 e. The van der Waals surface area contributed by atoms with Crippen molar-refractivity contribution in [3.8, 4) is 0 Å². The normalized spacial score (nSPS) is 30.6. The first kappa shape index (κ1) is 13.7. The van der Waals surface area contributed by atoms with Crippen LogP contribution in [0.25, 0.3) is 0 Å². The highest BCUT2D eigenvalue weighted by molar-refractivity contribution is 5.97. The van der Waals surface area contributed by atoms with Crippen LogP contribution in [0.2, 0.25) is 0 Å². The smallest absolute Gasteiger partial charge is 0.246 e. The van der Waals surface area contributed by atoms with Gasteiger partial charge in [-0.2, -0.15) is 0 Å². The van der Waals surface area contributed by atoms with Crippen LogP contribution in [0.1, 0.15) is 51.9 Å². The molecule has 2 heterocycles. The van der Waals surface area contributed by atoms with Crippen LogP contribution in [0, 0.1) is 0 Å². The molecule has 0 radical (unpaired) electrons. The number of hydrogen-bond donors (Lipinski definition) is 0. The number of hydrogen-bond acceptors (Lipinski definition) is 2. The Morgan fingerprint density at radius 3 is 2.80 bits per heavy atom. The molecule has 0 N–H and O–H groups in total. The lowest BCUT2D eigenvalue weighted by molar-refractivity contribution is -0.158. The van der Waals surface area contributed by atoms with Gasteiger partial charge in [0.1, 0.15) is 12.1 Å². The SMILES string of the molecule is CC1C(=O)N2CCCC2C(=O)N1CCC1=CCCCC1. The summed E-state index contributed by atoms with van der Waals surface area (Å²) in [5.41, 5.74) is 1.47. The second kappa shape index (κ2) is 5.58. The summed E-state index contributed by atoms with van der Waals surface area (Å²) in [4.78, 5) is 28.5. The number of fused-ring (bicyclic) bond motifs is 1. The lowest BCUT2D eigenvalue weighted by Crippen LogP contribution is -2.61. The summed E-state index contributed by atoms with van der Waals surface area (Å²) in [5.74, 6) is 0.315. The number of rotatable bonds is 3. The fourth-order valence-corrected chi connectivity index (χ4v) is 3.74. The van der Waals surface area contributed by atoms with E-state index >= 15 is 0 Å². The number of allylic oxidation sites excluding steroid dienone is 1. The van der Waals surface area contributed by atoms with Crippen LogP contribution in [0.4, 0.5) is 0 Å². The summed E-state index contributed by atoms with van der Waals surface area (Å²) in [6.45, 7) is 3.35. The molecule has 0 saturated carbocycles. The minimum Gasteiger partial charge on any atom is -0.329 e. The Hall–Kier alpha value is -1.32. The van der Waals surface area contributed by atoms with Gasteiger partial charge in [-0.05, 0) is 51.9 Å². The lowest BCUT2D eigenvalue weighted by atomic mass is 9.96. The predicted octanol–water partition coefficient (Wildman–Crippen LogP) is 2.10. The predicted molar refractivity (Wildman–Crippen MR) is 77.1 cm³/mol. The molecular weight excluding hydrogens is 252 g/mol. The summed E-state index contributed by atoms with van der Waals surface area (Å²) >= 11 is 0. The largest absolute Gasteiger partial charge is 0.329 e. The zero-order chi connectivity index (χ0) is 14.1. The third-order valence-electron chi connectivity index (χ3n) is 4.99. The van der Waals surface area contributed by atoms with E-state index in [1.165, 1.54) is 31.3 Å². The van der Waals surface area contributed by atoms with Gasteiger partial charge in [-0.1, -0.05) is 11.6 Å². The molecule has 2 fully saturated rings. The van der Waals surface area contributed by atoms with E-state index < -0.39 is 0 Å². The Balaban J connectivity index is 1.66. The van der Waals surface area contributed by atoms with Crippen molar-refractivity contribution < 1.29 is 9.59 Å². The van der Waals surface area contributed by atoms with Crippen molar-refractivity contribution in [1.29, 1.82) is 0 Å². The first-order valence-electron chi connectivity index (χ1n) is 7.97. The Kier molecular flexibility index (Phi) is 3.81. The standard InChI is InChI=1S/C16H24N2O2/c1-12-15(19)18-10-5-8-14(18)16(20)17(12)11-9-13-6-3-2-4-7-13/h6,12,14H,2-5,7-11H2,1H3. The molecule has 2 saturated heterocycles. The van der Waals surface area contributed by atoms with E-state index in [2.05, 4.69) is 6.08 Å². The number of carbonyl (C=O) groups excluding carboxylic acids is 2. The van der Waals surface area contributed by atoms with Gasteiger partial charge in [-0.25, -0.2) is 0 Å². The van der Waals surface area contributed by atoms with E-state index in [4.69, 9.17) is 0 Å².